The number of benzene rings is 2. The number of amides is 2. The molecule has 2 amide bonds. The Balaban J connectivity index is 1.39. The number of nitrogen functional groups attached to an aromatic ring is 1. The zero-order chi connectivity index (χ0) is 29.3. The molecular weight excluding hydrogens is 542 g/mol. The van der Waals surface area contributed by atoms with Crippen LogP contribution in [0.4, 0.5) is 23.4 Å². The Kier molecular flexibility index (Phi) is 7.43. The first-order valence-electron chi connectivity index (χ1n) is 12.7. The number of hydrogen-bond acceptors (Lipinski definition) is 6. The van der Waals surface area contributed by atoms with E-state index in [2.05, 4.69) is 21.9 Å². The van der Waals surface area contributed by atoms with Gasteiger partial charge < -0.3 is 16.0 Å². The van der Waals surface area contributed by atoms with Gasteiger partial charge in [-0.25, -0.2) is 19.0 Å². The molecule has 1 fully saturated rings. The van der Waals surface area contributed by atoms with Crippen LogP contribution in [0.2, 0.25) is 0 Å². The van der Waals surface area contributed by atoms with E-state index >= 15 is 0 Å². The third-order valence-electron chi connectivity index (χ3n) is 6.97. The highest BCUT2D eigenvalue weighted by molar-refractivity contribution is 5.98. The van der Waals surface area contributed by atoms with Crippen molar-refractivity contribution in [3.8, 4) is 11.3 Å². The lowest BCUT2D eigenvalue weighted by Crippen LogP contribution is -2.40. The van der Waals surface area contributed by atoms with E-state index in [9.17, 15) is 27.2 Å². The molecule has 0 unspecified atom stereocenters. The van der Waals surface area contributed by atoms with Gasteiger partial charge >= 0.3 is 6.18 Å². The molecule has 0 radical (unpaired) electrons. The van der Waals surface area contributed by atoms with Crippen LogP contribution in [0.5, 0.6) is 0 Å². The van der Waals surface area contributed by atoms with E-state index in [-0.39, 0.29) is 24.3 Å². The standard InChI is InChI=1S/C28H25F4N7O2/c1-2-21(40)38-12-4-5-18(14-38)39-26-23(25(33)35-15-36-26)24(37-39)17-10-8-16(9-11-17)13-34-27(41)22-19(28(30,31)32)6-3-7-20(22)29/h2-3,6-11,15,18H,1,4-5,12-14H2,(H,34,41)(H2,33,35,36)/t18-/m1/s1. The van der Waals surface area contributed by atoms with Crippen LogP contribution in [0.15, 0.2) is 61.4 Å². The largest absolute Gasteiger partial charge is 0.417 e. The average Bonchev–Trinajstić information content (AvgIpc) is 3.36. The second-order valence-electron chi connectivity index (χ2n) is 9.57. The molecule has 0 bridgehead atoms. The lowest BCUT2D eigenvalue weighted by atomic mass is 10.0. The molecule has 0 saturated carbocycles. The second-order valence-corrected chi connectivity index (χ2v) is 9.57. The first-order valence-corrected chi connectivity index (χ1v) is 12.7. The number of anilines is 1. The maximum atomic E-state index is 14.2. The maximum Gasteiger partial charge on any atom is 0.417 e. The minimum atomic E-state index is -4.88. The summed E-state index contributed by atoms with van der Waals surface area (Å²) in [5.74, 6) is -2.36. The van der Waals surface area contributed by atoms with Crippen LogP contribution in [0.1, 0.15) is 40.4 Å². The van der Waals surface area contributed by atoms with Crippen molar-refractivity contribution < 1.29 is 27.2 Å². The van der Waals surface area contributed by atoms with E-state index in [1.165, 1.54) is 12.4 Å². The second kappa shape index (κ2) is 11.0. The molecule has 1 saturated heterocycles. The summed E-state index contributed by atoms with van der Waals surface area (Å²) in [6.45, 7) is 4.48. The third kappa shape index (κ3) is 5.47. The molecule has 1 atom stereocenters. The molecule has 3 N–H and O–H groups in total. The SMILES string of the molecule is C=CC(=O)N1CCC[C@@H](n2nc(-c3ccc(CNC(=O)c4c(F)cccc4C(F)(F)F)cc3)c3c(N)ncnc32)C1. The number of rotatable bonds is 6. The van der Waals surface area contributed by atoms with Crippen molar-refractivity contribution in [3.63, 3.8) is 0 Å². The molecule has 1 aliphatic rings. The summed E-state index contributed by atoms with van der Waals surface area (Å²) in [6.07, 6.45) is -0.701. The Bertz CT molecular complexity index is 1630. The van der Waals surface area contributed by atoms with Crippen molar-refractivity contribution in [2.45, 2.75) is 31.6 Å². The number of hydrogen-bond donors (Lipinski definition) is 2. The summed E-state index contributed by atoms with van der Waals surface area (Å²) in [5.41, 5.74) is 6.07. The molecule has 9 nitrogen and oxygen atoms in total. The third-order valence-corrected chi connectivity index (χ3v) is 6.97. The number of nitrogens with two attached hydrogens (primary N) is 1. The monoisotopic (exact) mass is 567 g/mol. The van der Waals surface area contributed by atoms with Gasteiger partial charge in [0.05, 0.1) is 22.6 Å². The number of piperidine rings is 1. The average molecular weight is 568 g/mol. The minimum absolute atomic E-state index is 0.138. The molecule has 4 aromatic rings. The first-order chi connectivity index (χ1) is 19.6. The summed E-state index contributed by atoms with van der Waals surface area (Å²) < 4.78 is 55.8. The van der Waals surface area contributed by atoms with Crippen molar-refractivity contribution in [2.24, 2.45) is 0 Å². The number of carbonyl (C=O) groups excluding carboxylic acids is 2. The van der Waals surface area contributed by atoms with Crippen molar-refractivity contribution in [1.82, 2.24) is 30.0 Å². The highest BCUT2D eigenvalue weighted by Gasteiger charge is 2.36. The summed E-state index contributed by atoms with van der Waals surface area (Å²) in [4.78, 5) is 34.9. The van der Waals surface area contributed by atoms with Gasteiger partial charge in [0.25, 0.3) is 5.91 Å². The minimum Gasteiger partial charge on any atom is -0.383 e. The number of fused-ring (bicyclic) bond motifs is 1. The predicted octanol–water partition coefficient (Wildman–Crippen LogP) is 4.51. The Morgan fingerprint density at radius 1 is 1.15 bits per heavy atom. The summed E-state index contributed by atoms with van der Waals surface area (Å²) in [5, 5.41) is 7.70. The van der Waals surface area contributed by atoms with Gasteiger partial charge in [-0.15, -0.1) is 0 Å². The molecule has 2 aromatic heterocycles. The number of alkyl halides is 3. The van der Waals surface area contributed by atoms with Gasteiger partial charge in [-0.3, -0.25) is 9.59 Å². The Hall–Kier alpha value is -4.81. The van der Waals surface area contributed by atoms with Crippen molar-refractivity contribution in [2.75, 3.05) is 18.8 Å². The van der Waals surface area contributed by atoms with E-state index < -0.39 is 29.0 Å². The van der Waals surface area contributed by atoms with Gasteiger partial charge in [-0.1, -0.05) is 36.9 Å². The topological polar surface area (TPSA) is 119 Å². The van der Waals surface area contributed by atoms with Crippen LogP contribution in [-0.2, 0) is 17.5 Å². The normalized spacial score (nSPS) is 15.6. The summed E-state index contributed by atoms with van der Waals surface area (Å²) >= 11 is 0. The van der Waals surface area contributed by atoms with Crippen LogP contribution >= 0.6 is 0 Å². The van der Waals surface area contributed by atoms with Crippen LogP contribution in [-0.4, -0.2) is 49.6 Å². The van der Waals surface area contributed by atoms with E-state index in [1.807, 2.05) is 0 Å². The van der Waals surface area contributed by atoms with E-state index in [4.69, 9.17) is 10.8 Å². The molecule has 41 heavy (non-hydrogen) atoms. The summed E-state index contributed by atoms with van der Waals surface area (Å²) in [7, 11) is 0. The van der Waals surface area contributed by atoms with Gasteiger partial charge in [0, 0.05) is 25.2 Å². The molecule has 212 valence electrons. The lowest BCUT2D eigenvalue weighted by molar-refractivity contribution is -0.138. The fourth-order valence-electron chi connectivity index (χ4n) is 4.98. The molecule has 13 heteroatoms. The van der Waals surface area contributed by atoms with E-state index in [1.54, 1.807) is 33.8 Å². The van der Waals surface area contributed by atoms with Gasteiger partial charge in [0.1, 0.15) is 23.7 Å². The van der Waals surface area contributed by atoms with Crippen molar-refractivity contribution in [3.05, 3.63) is 84.0 Å². The Morgan fingerprint density at radius 2 is 1.90 bits per heavy atom. The maximum absolute atomic E-state index is 14.2. The summed E-state index contributed by atoms with van der Waals surface area (Å²) in [6, 6.07) is 9.00. The predicted molar refractivity (Wildman–Crippen MR) is 143 cm³/mol. The quantitative estimate of drug-likeness (QED) is 0.261. The molecule has 0 aliphatic carbocycles. The van der Waals surface area contributed by atoms with Crippen LogP contribution in [0, 0.1) is 5.82 Å². The smallest absolute Gasteiger partial charge is 0.383 e. The van der Waals surface area contributed by atoms with Gasteiger partial charge in [-0.2, -0.15) is 18.3 Å². The van der Waals surface area contributed by atoms with Crippen molar-refractivity contribution in [1.29, 1.82) is 0 Å². The molecule has 2 aromatic carbocycles. The Labute approximate surface area is 231 Å². The molecule has 3 heterocycles. The lowest BCUT2D eigenvalue weighted by Gasteiger charge is -2.32. The van der Waals surface area contributed by atoms with Crippen LogP contribution in [0.25, 0.3) is 22.3 Å². The van der Waals surface area contributed by atoms with Gasteiger partial charge in [0.2, 0.25) is 5.91 Å². The number of nitrogens with zero attached hydrogens (tertiary/aromatic N) is 5. The van der Waals surface area contributed by atoms with E-state index in [0.717, 1.165) is 25.0 Å². The highest BCUT2D eigenvalue weighted by Crippen LogP contribution is 2.35. The fourth-order valence-corrected chi connectivity index (χ4v) is 4.98. The first kappa shape index (κ1) is 27.7. The molecule has 0 spiro atoms. The zero-order valence-corrected chi connectivity index (χ0v) is 21.7. The number of nitrogens with one attached hydrogen (secondary N) is 1. The number of likely N-dealkylation sites (tertiary alicyclic amines) is 1. The fraction of sp³-hybridized carbons (Fsp3) is 0.250. The molecular formula is C28H25F4N7O2. The van der Waals surface area contributed by atoms with Crippen molar-refractivity contribution >= 4 is 28.7 Å². The highest BCUT2D eigenvalue weighted by atomic mass is 19.4. The van der Waals surface area contributed by atoms with Gasteiger partial charge in [-0.05, 0) is 36.6 Å². The number of carbonyl (C=O) groups is 2. The Morgan fingerprint density at radius 3 is 2.61 bits per heavy atom. The molecule has 5 rings (SSSR count). The van der Waals surface area contributed by atoms with Gasteiger partial charge in [0.15, 0.2) is 5.65 Å². The zero-order valence-electron chi connectivity index (χ0n) is 21.7. The number of halogens is 4. The van der Waals surface area contributed by atoms with Crippen LogP contribution < -0.4 is 11.1 Å². The van der Waals surface area contributed by atoms with E-state index in [0.29, 0.717) is 47.0 Å². The number of aromatic nitrogens is 4. The van der Waals surface area contributed by atoms with Crippen LogP contribution in [0.3, 0.4) is 0 Å². The molecule has 1 aliphatic heterocycles.